The third kappa shape index (κ3) is 5.31. The fourth-order valence-electron chi connectivity index (χ4n) is 3.56. The van der Waals surface area contributed by atoms with E-state index < -0.39 is 17.9 Å². The molecular weight excluding hydrogens is 447 g/mol. The summed E-state index contributed by atoms with van der Waals surface area (Å²) in [5.41, 5.74) is 5.88. The molecule has 0 aliphatic rings. The third-order valence-corrected chi connectivity index (χ3v) is 5.87. The van der Waals surface area contributed by atoms with Gasteiger partial charge in [0, 0.05) is 34.2 Å². The topological polar surface area (TPSA) is 75.5 Å². The molecule has 0 radical (unpaired) electrons. The van der Waals surface area contributed by atoms with E-state index in [0.717, 1.165) is 22.2 Å². The van der Waals surface area contributed by atoms with Gasteiger partial charge in [0.15, 0.2) is 0 Å². The van der Waals surface area contributed by atoms with Crippen molar-refractivity contribution < 1.29 is 9.59 Å². The Hall–Kier alpha value is -2.83. The number of nitrogens with zero attached hydrogens (tertiary/aromatic N) is 2. The van der Waals surface area contributed by atoms with Crippen molar-refractivity contribution in [1.82, 2.24) is 15.3 Å². The highest BCUT2D eigenvalue weighted by atomic mass is 35.5. The number of hydrogen-bond acceptors (Lipinski definition) is 3. The lowest BCUT2D eigenvalue weighted by atomic mass is 10.0. The Morgan fingerprint density at radius 1 is 1.16 bits per heavy atom. The van der Waals surface area contributed by atoms with Crippen molar-refractivity contribution in [3.8, 4) is 0 Å². The molecule has 168 valence electrons. The van der Waals surface area contributed by atoms with Crippen LogP contribution in [0.1, 0.15) is 41.9 Å². The summed E-state index contributed by atoms with van der Waals surface area (Å²) in [4.78, 5) is 25.5. The molecule has 2 aromatic carbocycles. The molecule has 0 fully saturated rings. The molecular formula is C24H26Cl2N4O2. The van der Waals surface area contributed by atoms with Gasteiger partial charge in [0.2, 0.25) is 0 Å². The Morgan fingerprint density at radius 2 is 1.88 bits per heavy atom. The number of fused-ring (bicyclic) bond motifs is 1. The smallest absolute Gasteiger partial charge is 0.262 e. The average molecular weight is 473 g/mol. The lowest BCUT2D eigenvalue weighted by Gasteiger charge is -2.19. The Morgan fingerprint density at radius 3 is 2.56 bits per heavy atom. The number of carbonyl (C=O) groups is 2. The maximum Gasteiger partial charge on any atom is 0.262 e. The van der Waals surface area contributed by atoms with Crippen LogP contribution in [-0.4, -0.2) is 28.6 Å². The molecule has 0 aliphatic heterocycles. The van der Waals surface area contributed by atoms with E-state index in [1.54, 1.807) is 12.3 Å². The Labute approximate surface area is 197 Å². The lowest BCUT2D eigenvalue weighted by Crippen LogP contribution is -2.46. The second kappa shape index (κ2) is 10.2. The van der Waals surface area contributed by atoms with Crippen LogP contribution in [0.2, 0.25) is 10.0 Å². The highest BCUT2D eigenvalue weighted by Gasteiger charge is 2.23. The van der Waals surface area contributed by atoms with Crippen molar-refractivity contribution in [2.24, 2.45) is 18.1 Å². The summed E-state index contributed by atoms with van der Waals surface area (Å²) in [6, 6.07) is 11.8. The van der Waals surface area contributed by atoms with Gasteiger partial charge < -0.3 is 9.88 Å². The summed E-state index contributed by atoms with van der Waals surface area (Å²) < 4.78 is 2.08. The second-order valence-electron chi connectivity index (χ2n) is 8.09. The summed E-state index contributed by atoms with van der Waals surface area (Å²) in [5.74, 6) is -0.663. The zero-order chi connectivity index (χ0) is 23.4. The maximum atomic E-state index is 12.8. The fourth-order valence-corrected chi connectivity index (χ4v) is 4.06. The van der Waals surface area contributed by atoms with Crippen LogP contribution in [0.25, 0.3) is 10.9 Å². The molecule has 0 saturated heterocycles. The van der Waals surface area contributed by atoms with Crippen molar-refractivity contribution in [3.63, 3.8) is 0 Å². The molecule has 3 rings (SSSR count). The molecule has 1 atom stereocenters. The highest BCUT2D eigenvalue weighted by molar-refractivity contribution is 6.36. The molecule has 0 unspecified atom stereocenters. The van der Waals surface area contributed by atoms with Crippen LogP contribution in [0.4, 0.5) is 0 Å². The second-order valence-corrected chi connectivity index (χ2v) is 8.93. The number of hydrogen-bond donors (Lipinski definition) is 2. The zero-order valence-corrected chi connectivity index (χ0v) is 20.0. The van der Waals surface area contributed by atoms with Crippen molar-refractivity contribution in [2.45, 2.75) is 33.2 Å². The van der Waals surface area contributed by atoms with Crippen molar-refractivity contribution >= 4 is 52.1 Å². The first-order valence-electron chi connectivity index (χ1n) is 10.3. The van der Waals surface area contributed by atoms with Gasteiger partial charge in [-0.15, -0.1) is 0 Å². The molecule has 8 heteroatoms. The first-order valence-corrected chi connectivity index (χ1v) is 11.1. The molecule has 1 heterocycles. The van der Waals surface area contributed by atoms with Crippen LogP contribution in [0.5, 0.6) is 0 Å². The third-order valence-electron chi connectivity index (χ3n) is 5.32. The largest absolute Gasteiger partial charge is 0.347 e. The number of halogens is 2. The first kappa shape index (κ1) is 23.8. The maximum absolute atomic E-state index is 12.8. The van der Waals surface area contributed by atoms with E-state index in [9.17, 15) is 9.59 Å². The molecule has 2 N–H and O–H groups in total. The summed E-state index contributed by atoms with van der Waals surface area (Å²) >= 11 is 12.0. The van der Waals surface area contributed by atoms with Gasteiger partial charge in [-0.25, -0.2) is 5.43 Å². The Bertz CT molecular complexity index is 1180. The number of aryl methyl sites for hydroxylation is 1. The normalized spacial score (nSPS) is 12.5. The van der Waals surface area contributed by atoms with E-state index in [0.29, 0.717) is 11.4 Å². The van der Waals surface area contributed by atoms with Gasteiger partial charge in [-0.3, -0.25) is 9.59 Å². The number of rotatable bonds is 7. The number of amides is 2. The summed E-state index contributed by atoms with van der Waals surface area (Å²) in [5, 5.41) is 8.64. The van der Waals surface area contributed by atoms with Crippen LogP contribution >= 0.6 is 23.2 Å². The number of para-hydroxylation sites is 1. The molecule has 0 aliphatic carbocycles. The molecule has 6 nitrogen and oxygen atoms in total. The molecule has 1 aromatic heterocycles. The van der Waals surface area contributed by atoms with E-state index in [1.165, 1.54) is 12.1 Å². The summed E-state index contributed by atoms with van der Waals surface area (Å²) in [7, 11) is 1.99. The Balaban J connectivity index is 1.75. The molecule has 2 amide bonds. The van der Waals surface area contributed by atoms with Crippen LogP contribution in [0.3, 0.4) is 0 Å². The van der Waals surface area contributed by atoms with Gasteiger partial charge in [0.05, 0.1) is 16.8 Å². The average Bonchev–Trinajstić information content (AvgIpc) is 2.97. The summed E-state index contributed by atoms with van der Waals surface area (Å²) in [6.07, 6.45) is 2.09. The number of hydrazone groups is 1. The minimum absolute atomic E-state index is 0.177. The molecule has 0 spiro atoms. The van der Waals surface area contributed by atoms with Crippen LogP contribution in [0, 0.1) is 12.8 Å². The van der Waals surface area contributed by atoms with Gasteiger partial charge in [0.25, 0.3) is 11.8 Å². The SMILES string of the molecule is Cc1c(/C=N\NC(=O)[C@@H](CC(C)C)NC(=O)c2ccc(Cl)cc2Cl)c2ccccc2n1C. The monoisotopic (exact) mass is 472 g/mol. The number of carbonyl (C=O) groups excluding carboxylic acids is 2. The number of nitrogens with one attached hydrogen (secondary N) is 2. The predicted molar refractivity (Wildman–Crippen MR) is 131 cm³/mol. The van der Waals surface area contributed by atoms with Gasteiger partial charge in [-0.1, -0.05) is 55.2 Å². The van der Waals surface area contributed by atoms with E-state index in [-0.39, 0.29) is 16.5 Å². The van der Waals surface area contributed by atoms with Gasteiger partial charge in [-0.2, -0.15) is 5.10 Å². The van der Waals surface area contributed by atoms with E-state index in [4.69, 9.17) is 23.2 Å². The van der Waals surface area contributed by atoms with E-state index >= 15 is 0 Å². The van der Waals surface area contributed by atoms with Gasteiger partial charge in [0.1, 0.15) is 6.04 Å². The number of benzene rings is 2. The predicted octanol–water partition coefficient (Wildman–Crippen LogP) is 5.09. The van der Waals surface area contributed by atoms with Gasteiger partial charge in [-0.05, 0) is 43.5 Å². The van der Waals surface area contributed by atoms with Crippen molar-refractivity contribution in [3.05, 3.63) is 69.3 Å². The fraction of sp³-hybridized carbons (Fsp3) is 0.292. The van der Waals surface area contributed by atoms with E-state index in [2.05, 4.69) is 20.4 Å². The minimum atomic E-state index is -0.764. The van der Waals surface area contributed by atoms with Crippen LogP contribution in [0.15, 0.2) is 47.6 Å². The van der Waals surface area contributed by atoms with Crippen LogP contribution in [-0.2, 0) is 11.8 Å². The lowest BCUT2D eigenvalue weighted by molar-refractivity contribution is -0.123. The highest BCUT2D eigenvalue weighted by Crippen LogP contribution is 2.23. The minimum Gasteiger partial charge on any atom is -0.347 e. The molecule has 32 heavy (non-hydrogen) atoms. The molecule has 3 aromatic rings. The standard InChI is InChI=1S/C24H26Cl2N4O2/c1-14(2)11-21(28-23(31)18-10-9-16(25)12-20(18)26)24(32)29-27-13-19-15(3)30(4)22-8-6-5-7-17(19)22/h5-10,12-14,21H,11H2,1-4H3,(H,28,31)(H,29,32)/b27-13-/t21-/m1/s1. The molecule has 0 bridgehead atoms. The van der Waals surface area contributed by atoms with Crippen LogP contribution < -0.4 is 10.7 Å². The van der Waals surface area contributed by atoms with E-state index in [1.807, 2.05) is 52.1 Å². The summed E-state index contributed by atoms with van der Waals surface area (Å²) in [6.45, 7) is 5.95. The quantitative estimate of drug-likeness (QED) is 0.371. The first-order chi connectivity index (χ1) is 15.2. The number of aromatic nitrogens is 1. The van der Waals surface area contributed by atoms with Crippen molar-refractivity contribution in [1.29, 1.82) is 0 Å². The zero-order valence-electron chi connectivity index (χ0n) is 18.4. The molecule has 0 saturated carbocycles. The van der Waals surface area contributed by atoms with Crippen molar-refractivity contribution in [2.75, 3.05) is 0 Å². The van der Waals surface area contributed by atoms with Gasteiger partial charge >= 0.3 is 0 Å². The Kier molecular flexibility index (Phi) is 7.59.